The van der Waals surface area contributed by atoms with E-state index in [4.69, 9.17) is 10.5 Å². The second-order valence-electron chi connectivity index (χ2n) is 4.96. The van der Waals surface area contributed by atoms with Gasteiger partial charge in [-0.15, -0.1) is 0 Å². The molecule has 1 heterocycles. The van der Waals surface area contributed by atoms with Crippen LogP contribution in [0.3, 0.4) is 0 Å². The minimum absolute atomic E-state index is 0.102. The van der Waals surface area contributed by atoms with Crippen molar-refractivity contribution in [2.45, 2.75) is 32.7 Å². The normalized spacial score (nSPS) is 14.9. The van der Waals surface area contributed by atoms with Crippen LogP contribution < -0.4 is 11.1 Å². The van der Waals surface area contributed by atoms with Crippen LogP contribution in [0.2, 0.25) is 0 Å². The molecule has 1 fully saturated rings. The summed E-state index contributed by atoms with van der Waals surface area (Å²) in [4.78, 5) is 11.8. The molecule has 100 valence electrons. The zero-order valence-electron chi connectivity index (χ0n) is 11.1. The Morgan fingerprint density at radius 3 is 2.78 bits per heavy atom. The third-order valence-electron chi connectivity index (χ3n) is 3.08. The highest BCUT2D eigenvalue weighted by Crippen LogP contribution is 2.31. The highest BCUT2D eigenvalue weighted by molar-refractivity contribution is 5.99. The molecule has 0 aliphatic heterocycles. The number of anilines is 2. The van der Waals surface area contributed by atoms with E-state index >= 15 is 0 Å². The summed E-state index contributed by atoms with van der Waals surface area (Å²) in [6.45, 7) is 4.77. The Kier molecular flexibility index (Phi) is 3.45. The zero-order chi connectivity index (χ0) is 13.3. The van der Waals surface area contributed by atoms with Gasteiger partial charge in [-0.3, -0.25) is 0 Å². The van der Waals surface area contributed by atoms with Crippen LogP contribution in [0.25, 0.3) is 0 Å². The van der Waals surface area contributed by atoms with Gasteiger partial charge in [-0.2, -0.15) is 5.10 Å². The van der Waals surface area contributed by atoms with E-state index in [2.05, 4.69) is 10.4 Å². The number of hydrogen-bond donors (Lipinski definition) is 2. The van der Waals surface area contributed by atoms with Crippen molar-refractivity contribution < 1.29 is 9.53 Å². The second-order valence-corrected chi connectivity index (χ2v) is 4.96. The molecule has 0 unspecified atom stereocenters. The van der Waals surface area contributed by atoms with Gasteiger partial charge in [0.1, 0.15) is 11.4 Å². The first-order valence-electron chi connectivity index (χ1n) is 6.24. The van der Waals surface area contributed by atoms with Gasteiger partial charge in [-0.25, -0.2) is 9.48 Å². The smallest absolute Gasteiger partial charge is 0.345 e. The lowest BCUT2D eigenvalue weighted by atomic mass is 10.3. The minimum Gasteiger partial charge on any atom is -0.465 e. The maximum Gasteiger partial charge on any atom is 0.345 e. The maximum absolute atomic E-state index is 11.8. The maximum atomic E-state index is 11.8. The molecule has 1 aromatic heterocycles. The van der Waals surface area contributed by atoms with Gasteiger partial charge in [-0.1, -0.05) is 0 Å². The molecule has 0 amide bonds. The Morgan fingerprint density at radius 1 is 1.61 bits per heavy atom. The Balaban J connectivity index is 2.28. The number of carbonyl (C=O) groups excluding carboxylic acids is 1. The van der Waals surface area contributed by atoms with E-state index in [-0.39, 0.29) is 6.04 Å². The fourth-order valence-electron chi connectivity index (χ4n) is 1.83. The van der Waals surface area contributed by atoms with Crippen molar-refractivity contribution in [2.75, 3.05) is 24.7 Å². The van der Waals surface area contributed by atoms with Crippen molar-refractivity contribution in [3.05, 3.63) is 5.56 Å². The van der Waals surface area contributed by atoms with Crippen molar-refractivity contribution in [1.29, 1.82) is 0 Å². The highest BCUT2D eigenvalue weighted by atomic mass is 16.5. The summed E-state index contributed by atoms with van der Waals surface area (Å²) in [5.74, 6) is 1.13. The van der Waals surface area contributed by atoms with E-state index in [0.717, 1.165) is 6.54 Å². The summed E-state index contributed by atoms with van der Waals surface area (Å²) < 4.78 is 6.40. The molecule has 0 bridgehead atoms. The van der Waals surface area contributed by atoms with E-state index in [1.165, 1.54) is 20.0 Å². The van der Waals surface area contributed by atoms with E-state index < -0.39 is 5.97 Å². The predicted molar refractivity (Wildman–Crippen MR) is 69.6 cm³/mol. The number of hydrogen-bond acceptors (Lipinski definition) is 5. The van der Waals surface area contributed by atoms with Crippen molar-refractivity contribution in [1.82, 2.24) is 9.78 Å². The van der Waals surface area contributed by atoms with E-state index in [9.17, 15) is 4.79 Å². The fraction of sp³-hybridized carbons (Fsp3) is 0.667. The van der Waals surface area contributed by atoms with Crippen LogP contribution in [0.4, 0.5) is 11.6 Å². The average molecular weight is 252 g/mol. The number of aromatic nitrogens is 2. The number of carbonyl (C=O) groups is 1. The van der Waals surface area contributed by atoms with Crippen LogP contribution in [-0.2, 0) is 4.74 Å². The standard InChI is InChI=1S/C12H20N4O2/c1-7(2)16-10(13)9(12(17)18-3)11(15-16)14-6-8-4-5-8/h7-8H,4-6,13H2,1-3H3,(H,14,15). The van der Waals surface area contributed by atoms with Crippen LogP contribution in [0, 0.1) is 5.92 Å². The first kappa shape index (κ1) is 12.7. The summed E-state index contributed by atoms with van der Waals surface area (Å²) in [5.41, 5.74) is 6.30. The number of rotatable bonds is 5. The summed E-state index contributed by atoms with van der Waals surface area (Å²) in [5, 5.41) is 7.55. The number of nitrogens with one attached hydrogen (secondary N) is 1. The first-order valence-corrected chi connectivity index (χ1v) is 6.24. The topological polar surface area (TPSA) is 82.2 Å². The lowest BCUT2D eigenvalue weighted by Crippen LogP contribution is -2.11. The number of ether oxygens (including phenoxy) is 1. The van der Waals surface area contributed by atoms with Crippen LogP contribution in [0.15, 0.2) is 0 Å². The molecule has 0 atom stereocenters. The highest BCUT2D eigenvalue weighted by Gasteiger charge is 2.26. The molecule has 1 aliphatic rings. The van der Waals surface area contributed by atoms with E-state index in [1.807, 2.05) is 13.8 Å². The Hall–Kier alpha value is -1.72. The van der Waals surface area contributed by atoms with Gasteiger partial charge in [-0.05, 0) is 32.6 Å². The van der Waals surface area contributed by atoms with Crippen molar-refractivity contribution >= 4 is 17.6 Å². The molecule has 1 saturated carbocycles. The van der Waals surface area contributed by atoms with Crippen LogP contribution in [0.1, 0.15) is 43.1 Å². The molecule has 2 rings (SSSR count). The first-order chi connectivity index (χ1) is 8.54. The lowest BCUT2D eigenvalue weighted by Gasteiger charge is -2.06. The molecule has 0 aromatic carbocycles. The molecule has 0 saturated heterocycles. The second kappa shape index (κ2) is 4.88. The minimum atomic E-state index is -0.447. The molecule has 18 heavy (non-hydrogen) atoms. The number of methoxy groups -OCH3 is 1. The van der Waals surface area contributed by atoms with Crippen LogP contribution in [-0.4, -0.2) is 29.4 Å². The van der Waals surface area contributed by atoms with Crippen LogP contribution in [0.5, 0.6) is 0 Å². The van der Waals surface area contributed by atoms with Gasteiger partial charge in [0.2, 0.25) is 0 Å². The van der Waals surface area contributed by atoms with E-state index in [0.29, 0.717) is 23.1 Å². The van der Waals surface area contributed by atoms with E-state index in [1.54, 1.807) is 4.68 Å². The van der Waals surface area contributed by atoms with Gasteiger partial charge >= 0.3 is 5.97 Å². The fourth-order valence-corrected chi connectivity index (χ4v) is 1.83. The molecular weight excluding hydrogens is 232 g/mol. The molecular formula is C12H20N4O2. The number of esters is 1. The summed E-state index contributed by atoms with van der Waals surface area (Å²) in [7, 11) is 1.35. The summed E-state index contributed by atoms with van der Waals surface area (Å²) >= 11 is 0. The molecule has 6 nitrogen and oxygen atoms in total. The van der Waals surface area contributed by atoms with Gasteiger partial charge in [0.25, 0.3) is 0 Å². The van der Waals surface area contributed by atoms with Gasteiger partial charge < -0.3 is 15.8 Å². The monoisotopic (exact) mass is 252 g/mol. The molecule has 6 heteroatoms. The van der Waals surface area contributed by atoms with Crippen molar-refractivity contribution in [2.24, 2.45) is 5.92 Å². The van der Waals surface area contributed by atoms with Crippen LogP contribution >= 0.6 is 0 Å². The SMILES string of the molecule is COC(=O)c1c(NCC2CC2)nn(C(C)C)c1N. The van der Waals surface area contributed by atoms with Gasteiger partial charge in [0.15, 0.2) is 5.82 Å². The Bertz CT molecular complexity index is 449. The molecule has 1 aromatic rings. The van der Waals surface area contributed by atoms with Crippen molar-refractivity contribution in [3.63, 3.8) is 0 Å². The quantitative estimate of drug-likeness (QED) is 0.779. The molecule has 1 aliphatic carbocycles. The number of nitrogens with zero attached hydrogens (tertiary/aromatic N) is 2. The lowest BCUT2D eigenvalue weighted by molar-refractivity contribution is 0.0603. The summed E-state index contributed by atoms with van der Waals surface area (Å²) in [6.07, 6.45) is 2.47. The molecule has 0 spiro atoms. The average Bonchev–Trinajstić information content (AvgIpc) is 3.09. The Morgan fingerprint density at radius 2 is 2.28 bits per heavy atom. The third kappa shape index (κ3) is 2.42. The summed E-state index contributed by atoms with van der Waals surface area (Å²) in [6, 6.07) is 0.102. The predicted octanol–water partition coefficient (Wildman–Crippen LogP) is 1.65. The zero-order valence-corrected chi connectivity index (χ0v) is 11.1. The molecule has 3 N–H and O–H groups in total. The van der Waals surface area contributed by atoms with Gasteiger partial charge in [0.05, 0.1) is 7.11 Å². The Labute approximate surface area is 106 Å². The largest absolute Gasteiger partial charge is 0.465 e. The van der Waals surface area contributed by atoms with Crippen molar-refractivity contribution in [3.8, 4) is 0 Å². The number of nitrogen functional groups attached to an aromatic ring is 1. The molecule has 0 radical (unpaired) electrons. The number of nitrogens with two attached hydrogens (primary N) is 1. The third-order valence-corrected chi connectivity index (χ3v) is 3.08. The van der Waals surface area contributed by atoms with Gasteiger partial charge in [0, 0.05) is 12.6 Å².